The van der Waals surface area contributed by atoms with Gasteiger partial charge in [-0.1, -0.05) is 30.0 Å². The highest BCUT2D eigenvalue weighted by atomic mass is 32.2. The zero-order valence-corrected chi connectivity index (χ0v) is 15.9. The minimum atomic E-state index is -0.524. The second kappa shape index (κ2) is 8.47. The Kier molecular flexibility index (Phi) is 6.05. The van der Waals surface area contributed by atoms with Crippen molar-refractivity contribution < 1.29 is 18.7 Å². The molecule has 1 aromatic heterocycles. The number of amides is 1. The van der Waals surface area contributed by atoms with Crippen LogP contribution in [0.15, 0.2) is 29.3 Å². The molecule has 0 radical (unpaired) electrons. The Morgan fingerprint density at radius 3 is 2.70 bits per heavy atom. The van der Waals surface area contributed by atoms with Crippen molar-refractivity contribution in [2.45, 2.75) is 37.3 Å². The van der Waals surface area contributed by atoms with Crippen molar-refractivity contribution in [1.29, 1.82) is 0 Å². The largest absolute Gasteiger partial charge is 0.465 e. The van der Waals surface area contributed by atoms with E-state index in [0.29, 0.717) is 28.0 Å². The summed E-state index contributed by atoms with van der Waals surface area (Å²) in [5, 5.41) is 3.12. The van der Waals surface area contributed by atoms with Crippen molar-refractivity contribution in [3.8, 4) is 0 Å². The molecule has 8 heteroatoms. The third-order valence-electron chi connectivity index (χ3n) is 4.18. The molecule has 142 valence electrons. The lowest BCUT2D eigenvalue weighted by molar-refractivity contribution is -0.118. The van der Waals surface area contributed by atoms with Crippen molar-refractivity contribution in [3.63, 3.8) is 0 Å². The quantitative estimate of drug-likeness (QED) is 0.445. The predicted molar refractivity (Wildman–Crippen MR) is 99.1 cm³/mol. The fourth-order valence-electron chi connectivity index (χ4n) is 2.55. The molecule has 2 aromatic rings. The van der Waals surface area contributed by atoms with Crippen LogP contribution in [0.25, 0.3) is 0 Å². The lowest BCUT2D eigenvalue weighted by atomic mass is 10.2. The fourth-order valence-corrected chi connectivity index (χ4v) is 3.46. The number of rotatable bonds is 7. The van der Waals surface area contributed by atoms with Crippen molar-refractivity contribution in [2.75, 3.05) is 12.9 Å². The molecule has 0 unspecified atom stereocenters. The highest BCUT2D eigenvalue weighted by molar-refractivity contribution is 8.00. The molecular formula is C19H20FN3O3S. The number of benzene rings is 1. The minimum Gasteiger partial charge on any atom is -0.465 e. The van der Waals surface area contributed by atoms with Crippen LogP contribution in [0.5, 0.6) is 0 Å². The summed E-state index contributed by atoms with van der Waals surface area (Å²) >= 11 is 1.15. The zero-order valence-electron chi connectivity index (χ0n) is 15.1. The third-order valence-corrected chi connectivity index (χ3v) is 5.16. The molecule has 1 fully saturated rings. The summed E-state index contributed by atoms with van der Waals surface area (Å²) in [6, 6.07) is 6.28. The molecule has 1 heterocycles. The smallest absolute Gasteiger partial charge is 0.342 e. The van der Waals surface area contributed by atoms with Gasteiger partial charge in [0.15, 0.2) is 0 Å². The van der Waals surface area contributed by atoms with Crippen LogP contribution in [-0.2, 0) is 16.1 Å². The van der Waals surface area contributed by atoms with E-state index >= 15 is 0 Å². The number of nitrogens with one attached hydrogen (secondary N) is 1. The highest BCUT2D eigenvalue weighted by Crippen LogP contribution is 2.39. The molecule has 1 aromatic carbocycles. The number of esters is 1. The SMILES string of the molecule is COC(=O)c1c(C)nc(C2CC2)nc1SCC(=O)NCc1ccccc1F. The molecule has 0 bridgehead atoms. The lowest BCUT2D eigenvalue weighted by Gasteiger charge is -2.11. The summed E-state index contributed by atoms with van der Waals surface area (Å²) < 4.78 is 18.4. The first-order valence-electron chi connectivity index (χ1n) is 8.59. The maximum atomic E-state index is 13.6. The van der Waals surface area contributed by atoms with Crippen LogP contribution >= 0.6 is 11.8 Å². The average Bonchev–Trinajstić information content (AvgIpc) is 3.50. The van der Waals surface area contributed by atoms with Crippen molar-refractivity contribution in [3.05, 3.63) is 52.7 Å². The molecule has 27 heavy (non-hydrogen) atoms. The Labute approximate surface area is 160 Å². The number of methoxy groups -OCH3 is 1. The normalized spacial score (nSPS) is 13.3. The number of halogens is 1. The Bertz CT molecular complexity index is 871. The average molecular weight is 389 g/mol. The molecule has 1 aliphatic carbocycles. The number of carbonyl (C=O) groups excluding carboxylic acids is 2. The van der Waals surface area contributed by atoms with Crippen LogP contribution < -0.4 is 5.32 Å². The summed E-state index contributed by atoms with van der Waals surface area (Å²) in [6.07, 6.45) is 2.06. The molecule has 3 rings (SSSR count). The predicted octanol–water partition coefficient (Wildman–Crippen LogP) is 3.00. The molecule has 1 amide bonds. The molecule has 0 aliphatic heterocycles. The molecule has 0 spiro atoms. The highest BCUT2D eigenvalue weighted by Gasteiger charge is 2.29. The molecule has 1 aliphatic rings. The second-order valence-electron chi connectivity index (χ2n) is 6.27. The molecular weight excluding hydrogens is 369 g/mol. The van der Waals surface area contributed by atoms with Gasteiger partial charge in [0.05, 0.1) is 18.6 Å². The van der Waals surface area contributed by atoms with Crippen LogP contribution in [0, 0.1) is 12.7 Å². The van der Waals surface area contributed by atoms with Crippen LogP contribution in [-0.4, -0.2) is 34.7 Å². The van der Waals surface area contributed by atoms with E-state index in [2.05, 4.69) is 15.3 Å². The Balaban J connectivity index is 1.68. The van der Waals surface area contributed by atoms with Gasteiger partial charge in [0.1, 0.15) is 22.2 Å². The van der Waals surface area contributed by atoms with Crippen LogP contribution in [0.2, 0.25) is 0 Å². The van der Waals surface area contributed by atoms with Crippen LogP contribution in [0.1, 0.15) is 46.2 Å². The van der Waals surface area contributed by atoms with E-state index in [-0.39, 0.29) is 29.6 Å². The van der Waals surface area contributed by atoms with E-state index in [0.717, 1.165) is 24.6 Å². The van der Waals surface area contributed by atoms with E-state index in [1.54, 1.807) is 25.1 Å². The number of hydrogen-bond acceptors (Lipinski definition) is 6. The standard InChI is InChI=1S/C19H20FN3O3S/c1-11-16(19(25)26-2)18(23-17(22-11)12-7-8-12)27-10-15(24)21-9-13-5-3-4-6-14(13)20/h3-6,12H,7-10H2,1-2H3,(H,21,24). The first-order valence-corrected chi connectivity index (χ1v) is 9.58. The van der Waals surface area contributed by atoms with E-state index in [4.69, 9.17) is 4.74 Å². The fraction of sp³-hybridized carbons (Fsp3) is 0.368. The van der Waals surface area contributed by atoms with Gasteiger partial charge in [-0.3, -0.25) is 4.79 Å². The summed E-state index contributed by atoms with van der Waals surface area (Å²) in [4.78, 5) is 33.1. The van der Waals surface area contributed by atoms with Gasteiger partial charge in [-0.2, -0.15) is 0 Å². The first kappa shape index (κ1) is 19.3. The van der Waals surface area contributed by atoms with E-state index < -0.39 is 5.97 Å². The van der Waals surface area contributed by atoms with Gasteiger partial charge in [0, 0.05) is 18.0 Å². The van der Waals surface area contributed by atoms with Crippen molar-refractivity contribution in [2.24, 2.45) is 0 Å². The topological polar surface area (TPSA) is 81.2 Å². The first-order chi connectivity index (χ1) is 13.0. The van der Waals surface area contributed by atoms with Gasteiger partial charge in [0.25, 0.3) is 0 Å². The van der Waals surface area contributed by atoms with Crippen molar-refractivity contribution >= 4 is 23.6 Å². The summed E-state index contributed by atoms with van der Waals surface area (Å²) in [5.41, 5.74) is 1.25. The summed E-state index contributed by atoms with van der Waals surface area (Å²) in [6.45, 7) is 1.84. The number of aryl methyl sites for hydroxylation is 1. The number of nitrogens with zero attached hydrogens (tertiary/aromatic N) is 2. The maximum Gasteiger partial charge on any atom is 0.342 e. The summed E-state index contributed by atoms with van der Waals surface area (Å²) in [7, 11) is 1.30. The van der Waals surface area contributed by atoms with E-state index in [1.165, 1.54) is 13.2 Å². The Morgan fingerprint density at radius 2 is 2.04 bits per heavy atom. The number of carbonyl (C=O) groups is 2. The number of hydrogen-bond donors (Lipinski definition) is 1. The van der Waals surface area contributed by atoms with Crippen LogP contribution in [0.3, 0.4) is 0 Å². The van der Waals surface area contributed by atoms with Gasteiger partial charge >= 0.3 is 5.97 Å². The van der Waals surface area contributed by atoms with Crippen LogP contribution in [0.4, 0.5) is 4.39 Å². The third kappa shape index (κ3) is 4.82. The number of ether oxygens (including phenoxy) is 1. The van der Waals surface area contributed by atoms with Gasteiger partial charge < -0.3 is 10.1 Å². The lowest BCUT2D eigenvalue weighted by Crippen LogP contribution is -2.25. The maximum absolute atomic E-state index is 13.6. The number of aromatic nitrogens is 2. The van der Waals surface area contributed by atoms with Crippen molar-refractivity contribution in [1.82, 2.24) is 15.3 Å². The monoisotopic (exact) mass is 389 g/mol. The molecule has 6 nitrogen and oxygen atoms in total. The Hall–Kier alpha value is -2.48. The zero-order chi connectivity index (χ0) is 19.4. The molecule has 1 N–H and O–H groups in total. The van der Waals surface area contributed by atoms with E-state index in [1.807, 2.05) is 0 Å². The summed E-state index contributed by atoms with van der Waals surface area (Å²) in [5.74, 6) is -0.0793. The van der Waals surface area contributed by atoms with Gasteiger partial charge in [-0.25, -0.2) is 19.2 Å². The molecule has 1 saturated carbocycles. The van der Waals surface area contributed by atoms with Gasteiger partial charge in [0.2, 0.25) is 5.91 Å². The van der Waals surface area contributed by atoms with E-state index in [9.17, 15) is 14.0 Å². The Morgan fingerprint density at radius 1 is 1.30 bits per heavy atom. The minimum absolute atomic E-state index is 0.0546. The molecule has 0 atom stereocenters. The second-order valence-corrected chi connectivity index (χ2v) is 7.23. The molecule has 0 saturated heterocycles. The number of thioether (sulfide) groups is 1. The van der Waals surface area contributed by atoms with Gasteiger partial charge in [-0.05, 0) is 25.8 Å². The van der Waals surface area contributed by atoms with Gasteiger partial charge in [-0.15, -0.1) is 0 Å².